The lowest BCUT2D eigenvalue weighted by molar-refractivity contribution is 0.626. The highest BCUT2D eigenvalue weighted by Crippen LogP contribution is 2.39. The number of halogens is 4. The van der Waals surface area contributed by atoms with E-state index in [1.165, 1.54) is 22.4 Å². The maximum atomic E-state index is 13.3. The summed E-state index contributed by atoms with van der Waals surface area (Å²) in [6.07, 6.45) is 0. The van der Waals surface area contributed by atoms with E-state index in [2.05, 4.69) is 78.7 Å². The van der Waals surface area contributed by atoms with Crippen LogP contribution in [-0.2, 0) is 0 Å². The highest BCUT2D eigenvalue weighted by Gasteiger charge is 2.17. The lowest BCUT2D eigenvalue weighted by Crippen LogP contribution is -1.98. The molecule has 0 amide bonds. The number of benzene rings is 3. The Bertz CT molecular complexity index is 817. The summed E-state index contributed by atoms with van der Waals surface area (Å²) >= 11 is 9.55. The number of hydrogen-bond acceptors (Lipinski definition) is 0. The van der Waals surface area contributed by atoms with Crippen LogP contribution < -0.4 is 0 Å². The zero-order valence-corrected chi connectivity index (χ0v) is 16.1. The van der Waals surface area contributed by atoms with Crippen LogP contribution in [0.4, 0.5) is 4.39 Å². The van der Waals surface area contributed by atoms with Crippen molar-refractivity contribution in [3.05, 3.63) is 79.6 Å². The summed E-state index contributed by atoms with van der Waals surface area (Å²) in [6, 6.07) is 17.3. The van der Waals surface area contributed by atoms with Gasteiger partial charge < -0.3 is 0 Å². The Hall–Kier alpha value is -0.460. The van der Waals surface area contributed by atoms with Crippen LogP contribution in [0.1, 0.15) is 16.0 Å². The van der Waals surface area contributed by atoms with E-state index in [0.717, 1.165) is 13.6 Å². The quantitative estimate of drug-likeness (QED) is 0.257. The Morgan fingerprint density at radius 1 is 0.905 bits per heavy atom. The van der Waals surface area contributed by atoms with Gasteiger partial charge in [-0.1, -0.05) is 68.3 Å². The van der Waals surface area contributed by atoms with Crippen molar-refractivity contribution in [1.82, 2.24) is 0 Å². The van der Waals surface area contributed by atoms with Crippen molar-refractivity contribution >= 4 is 65.2 Å². The van der Waals surface area contributed by atoms with Crippen LogP contribution in [0.25, 0.3) is 10.8 Å². The second kappa shape index (κ2) is 6.34. The van der Waals surface area contributed by atoms with Crippen LogP contribution in [-0.4, -0.2) is 0 Å². The molecule has 0 saturated carbocycles. The summed E-state index contributed by atoms with van der Waals surface area (Å²) in [4.78, 5) is 0.0306. The largest absolute Gasteiger partial charge is 0.207 e. The molecule has 0 aromatic heterocycles. The first-order valence-electron chi connectivity index (χ1n) is 6.34. The van der Waals surface area contributed by atoms with Gasteiger partial charge >= 0.3 is 0 Å². The van der Waals surface area contributed by atoms with E-state index >= 15 is 0 Å². The average Bonchev–Trinajstić information content (AvgIpc) is 2.47. The van der Waals surface area contributed by atoms with Crippen molar-refractivity contribution in [2.45, 2.75) is 4.83 Å². The van der Waals surface area contributed by atoms with Gasteiger partial charge in [0.2, 0.25) is 0 Å². The van der Waals surface area contributed by atoms with E-state index in [9.17, 15) is 4.39 Å². The molecule has 21 heavy (non-hydrogen) atoms. The summed E-state index contributed by atoms with van der Waals surface area (Å²) < 4.78 is 15.3. The van der Waals surface area contributed by atoms with Gasteiger partial charge in [-0.2, -0.15) is 0 Å². The second-order valence-corrected chi connectivity index (χ2v) is 7.64. The van der Waals surface area contributed by atoms with E-state index in [4.69, 9.17) is 0 Å². The van der Waals surface area contributed by atoms with E-state index in [-0.39, 0.29) is 10.6 Å². The highest BCUT2D eigenvalue weighted by atomic mass is 127. The van der Waals surface area contributed by atoms with Gasteiger partial charge in [0, 0.05) is 8.04 Å². The fraction of sp³-hybridized carbons (Fsp3) is 0.0588. The van der Waals surface area contributed by atoms with Gasteiger partial charge in [0.1, 0.15) is 5.82 Å². The van der Waals surface area contributed by atoms with Crippen LogP contribution >= 0.6 is 54.5 Å². The molecule has 3 aromatic carbocycles. The van der Waals surface area contributed by atoms with Crippen molar-refractivity contribution in [1.29, 1.82) is 0 Å². The van der Waals surface area contributed by atoms with E-state index in [1.807, 2.05) is 18.2 Å². The molecule has 1 unspecified atom stereocenters. The fourth-order valence-corrected chi connectivity index (χ4v) is 4.87. The Labute approximate surface area is 153 Å². The van der Waals surface area contributed by atoms with Gasteiger partial charge in [0.15, 0.2) is 0 Å². The molecule has 3 aromatic rings. The van der Waals surface area contributed by atoms with Crippen LogP contribution in [0.5, 0.6) is 0 Å². The zero-order valence-electron chi connectivity index (χ0n) is 10.8. The third-order valence-electron chi connectivity index (χ3n) is 3.41. The molecule has 0 saturated heterocycles. The second-order valence-electron chi connectivity index (χ2n) is 4.71. The van der Waals surface area contributed by atoms with Crippen molar-refractivity contribution in [2.75, 3.05) is 0 Å². The van der Waals surface area contributed by atoms with Gasteiger partial charge in [-0.05, 0) is 62.7 Å². The van der Waals surface area contributed by atoms with Crippen LogP contribution in [0, 0.1) is 9.39 Å². The first-order chi connectivity index (χ1) is 10.1. The predicted octanol–water partition coefficient (Wildman–Crippen LogP) is 6.83. The molecule has 0 heterocycles. The molecule has 106 valence electrons. The summed E-state index contributed by atoms with van der Waals surface area (Å²) in [7, 11) is 0. The van der Waals surface area contributed by atoms with Crippen LogP contribution in [0.2, 0.25) is 0 Å². The number of fused-ring (bicyclic) bond motifs is 1. The minimum atomic E-state index is -0.205. The number of hydrogen-bond donors (Lipinski definition) is 0. The first kappa shape index (κ1) is 15.4. The molecule has 0 aliphatic carbocycles. The van der Waals surface area contributed by atoms with Crippen molar-refractivity contribution in [3.63, 3.8) is 0 Å². The maximum absolute atomic E-state index is 13.3. The summed E-state index contributed by atoms with van der Waals surface area (Å²) in [5, 5.41) is 2.37. The lowest BCUT2D eigenvalue weighted by atomic mass is 9.98. The van der Waals surface area contributed by atoms with Crippen molar-refractivity contribution < 1.29 is 4.39 Å². The Kier molecular flexibility index (Phi) is 4.66. The van der Waals surface area contributed by atoms with E-state index in [1.54, 1.807) is 6.07 Å². The van der Waals surface area contributed by atoms with Gasteiger partial charge in [-0.3, -0.25) is 0 Å². The topological polar surface area (TPSA) is 0 Å². The standard InChI is InChI=1S/C17H10Br2FI/c18-15-8-7-13(11-3-1-2-4-12(11)15)17(19)14-6-5-10(20)9-16(14)21/h1-9,17H. The first-order valence-corrected chi connectivity index (χ1v) is 9.13. The Balaban J connectivity index is 2.18. The van der Waals surface area contributed by atoms with E-state index in [0.29, 0.717) is 0 Å². The zero-order chi connectivity index (χ0) is 15.0. The van der Waals surface area contributed by atoms with Crippen molar-refractivity contribution in [3.8, 4) is 0 Å². The molecule has 0 nitrogen and oxygen atoms in total. The monoisotopic (exact) mass is 518 g/mol. The third kappa shape index (κ3) is 3.03. The normalized spacial score (nSPS) is 12.6. The molecule has 0 bridgehead atoms. The molecule has 0 radical (unpaired) electrons. The summed E-state index contributed by atoms with van der Waals surface area (Å²) in [6.45, 7) is 0. The smallest absolute Gasteiger partial charge is 0.124 e. The van der Waals surface area contributed by atoms with Crippen LogP contribution in [0.15, 0.2) is 59.1 Å². The van der Waals surface area contributed by atoms with Gasteiger partial charge in [0.05, 0.1) is 4.83 Å². The number of alkyl halides is 1. The minimum Gasteiger partial charge on any atom is -0.207 e. The maximum Gasteiger partial charge on any atom is 0.124 e. The minimum absolute atomic E-state index is 0.0306. The molecule has 1 atom stereocenters. The predicted molar refractivity (Wildman–Crippen MR) is 102 cm³/mol. The van der Waals surface area contributed by atoms with Crippen LogP contribution in [0.3, 0.4) is 0 Å². The SMILES string of the molecule is Fc1ccc(C(Br)c2ccc(Br)c3ccccc23)c(I)c1. The summed E-state index contributed by atoms with van der Waals surface area (Å²) in [5.41, 5.74) is 2.25. The molecule has 0 fully saturated rings. The highest BCUT2D eigenvalue weighted by molar-refractivity contribution is 14.1. The fourth-order valence-electron chi connectivity index (χ4n) is 2.38. The molecule has 0 N–H and O–H groups in total. The molecule has 3 rings (SSSR count). The van der Waals surface area contributed by atoms with Gasteiger partial charge in [-0.15, -0.1) is 0 Å². The molecule has 0 aliphatic heterocycles. The molecule has 0 spiro atoms. The lowest BCUT2D eigenvalue weighted by Gasteiger charge is -2.16. The third-order valence-corrected chi connectivity index (χ3v) is 6.03. The van der Waals surface area contributed by atoms with Gasteiger partial charge in [0.25, 0.3) is 0 Å². The molecular weight excluding hydrogens is 510 g/mol. The Morgan fingerprint density at radius 3 is 2.29 bits per heavy atom. The average molecular weight is 520 g/mol. The van der Waals surface area contributed by atoms with Gasteiger partial charge in [-0.25, -0.2) is 4.39 Å². The Morgan fingerprint density at radius 2 is 1.57 bits per heavy atom. The molecule has 4 heteroatoms. The van der Waals surface area contributed by atoms with E-state index < -0.39 is 0 Å². The molecular formula is C17H10Br2FI. The van der Waals surface area contributed by atoms with Crippen molar-refractivity contribution in [2.24, 2.45) is 0 Å². The molecule has 0 aliphatic rings. The summed E-state index contributed by atoms with van der Waals surface area (Å²) in [5.74, 6) is -0.205. The number of rotatable bonds is 2.